The molecule has 1 amide bonds. The normalized spacial score (nSPS) is 15.5. The molecule has 1 saturated carbocycles. The number of benzene rings is 2. The quantitative estimate of drug-likeness (QED) is 0.241. The van der Waals surface area contributed by atoms with Gasteiger partial charge in [-0.2, -0.15) is 26.3 Å². The number of halogens is 7. The fourth-order valence-electron chi connectivity index (χ4n) is 3.78. The smallest absolute Gasteiger partial charge is 0.409 e. The minimum atomic E-state index is -5.35. The van der Waals surface area contributed by atoms with Crippen LogP contribution >= 0.6 is 0 Å². The van der Waals surface area contributed by atoms with E-state index in [4.69, 9.17) is 10.5 Å². The van der Waals surface area contributed by atoms with Crippen molar-refractivity contribution in [3.8, 4) is 5.75 Å². The number of nitrogens with zero attached hydrogens (tertiary/aromatic N) is 2. The van der Waals surface area contributed by atoms with Crippen LogP contribution in [0.2, 0.25) is 0 Å². The Morgan fingerprint density at radius 1 is 1.12 bits per heavy atom. The molecule has 7 nitrogen and oxygen atoms in total. The molecule has 14 heteroatoms. The van der Waals surface area contributed by atoms with E-state index in [0.29, 0.717) is 12.6 Å². The first kappa shape index (κ1) is 30.9. The number of aliphatic hydroxyl groups is 1. The van der Waals surface area contributed by atoms with E-state index in [-0.39, 0.29) is 29.8 Å². The molecule has 0 aromatic heterocycles. The molecular weight excluding hydrogens is 549 g/mol. The highest BCUT2D eigenvalue weighted by Gasteiger charge is 2.42. The van der Waals surface area contributed by atoms with Crippen LogP contribution < -0.4 is 20.4 Å². The van der Waals surface area contributed by atoms with Gasteiger partial charge in [0.05, 0.1) is 23.2 Å². The standard InChI is InChI=1S/C26H27F7N4O3/c1-36(23(38)15-3-4-15)10-9-35-14-16(13-34)20-11-17(25(28,29)30)12-21(26(31,32)33)22(20)40-24(39)37(2)19-7-5-18(27)6-8-19/h5-8,11-15,23,38H,3-4,9-10,34H2,1-2H3/p+1/b16-13+,35-14?. The van der Waals surface area contributed by atoms with E-state index >= 15 is 0 Å². The number of amides is 1. The number of allylic oxidation sites excluding steroid dienone is 1. The number of nitrogens with one attached hydrogen (secondary N) is 1. The Balaban J connectivity index is 1.99. The van der Waals surface area contributed by atoms with Crippen LogP contribution in [0.15, 0.2) is 42.6 Å². The van der Waals surface area contributed by atoms with Crippen LogP contribution in [0, 0.1) is 11.7 Å². The van der Waals surface area contributed by atoms with Crippen LogP contribution in [0.25, 0.3) is 5.57 Å². The summed E-state index contributed by atoms with van der Waals surface area (Å²) in [7, 11) is 2.80. The molecule has 1 aliphatic rings. The van der Waals surface area contributed by atoms with Crippen LogP contribution in [-0.4, -0.2) is 55.7 Å². The molecular formula is C26H28F7N4O3+. The largest absolute Gasteiger partial charge is 0.420 e. The van der Waals surface area contributed by atoms with Gasteiger partial charge in [0.1, 0.15) is 12.0 Å². The summed E-state index contributed by atoms with van der Waals surface area (Å²) in [4.78, 5) is 18.0. The van der Waals surface area contributed by atoms with Crippen molar-refractivity contribution in [2.24, 2.45) is 11.7 Å². The van der Waals surface area contributed by atoms with Gasteiger partial charge < -0.3 is 15.6 Å². The summed E-state index contributed by atoms with van der Waals surface area (Å²) < 4.78 is 101. The summed E-state index contributed by atoms with van der Waals surface area (Å²) in [6, 6.07) is 4.57. The number of carbonyl (C=O) groups excluding carboxylic acids is 1. The van der Waals surface area contributed by atoms with Crippen LogP contribution in [0.4, 0.5) is 41.2 Å². The van der Waals surface area contributed by atoms with Gasteiger partial charge >= 0.3 is 18.4 Å². The second-order valence-corrected chi connectivity index (χ2v) is 9.25. The predicted octanol–water partition coefficient (Wildman–Crippen LogP) is 3.61. The van der Waals surface area contributed by atoms with Gasteiger partial charge in [-0.1, -0.05) is 0 Å². The highest BCUT2D eigenvalue weighted by Crippen LogP contribution is 2.44. The van der Waals surface area contributed by atoms with Gasteiger partial charge in [0.25, 0.3) is 0 Å². The van der Waals surface area contributed by atoms with Crippen LogP contribution in [0.1, 0.15) is 29.5 Å². The van der Waals surface area contributed by atoms with Crippen molar-refractivity contribution < 1.29 is 50.4 Å². The Labute approximate surface area is 225 Å². The SMILES string of the molecule is CN(C(=O)Oc1c(/C(C=[NH+]CCN(C)C(O)C2CC2)=C/N)cc(C(F)(F)F)cc1C(F)(F)F)c1ccc(F)cc1. The fraction of sp³-hybridized carbons (Fsp3) is 0.385. The molecule has 2 aromatic carbocycles. The zero-order valence-corrected chi connectivity index (χ0v) is 21.5. The second kappa shape index (κ2) is 12.3. The maximum absolute atomic E-state index is 14.0. The average Bonchev–Trinajstić information content (AvgIpc) is 3.72. The minimum Gasteiger partial charge on any atom is -0.409 e. The van der Waals surface area contributed by atoms with E-state index in [1.165, 1.54) is 0 Å². The summed E-state index contributed by atoms with van der Waals surface area (Å²) in [6.07, 6.45) is -8.93. The van der Waals surface area contributed by atoms with Gasteiger partial charge in [-0.3, -0.25) is 9.80 Å². The Morgan fingerprint density at radius 3 is 2.27 bits per heavy atom. The third-order valence-corrected chi connectivity index (χ3v) is 6.25. The lowest BCUT2D eigenvalue weighted by Crippen LogP contribution is -2.71. The van der Waals surface area contributed by atoms with Gasteiger partial charge in [0, 0.05) is 24.5 Å². The molecule has 1 fully saturated rings. The number of rotatable bonds is 9. The lowest BCUT2D eigenvalue weighted by Gasteiger charge is -2.22. The van der Waals surface area contributed by atoms with E-state index in [1.54, 1.807) is 11.9 Å². The van der Waals surface area contributed by atoms with E-state index in [1.807, 2.05) is 0 Å². The number of hydrogen-bond acceptors (Lipinski definition) is 5. The minimum absolute atomic E-state index is 0.0498. The average molecular weight is 578 g/mol. The molecule has 0 aliphatic heterocycles. The summed E-state index contributed by atoms with van der Waals surface area (Å²) in [5.41, 5.74) is 1.09. The van der Waals surface area contributed by atoms with Crippen molar-refractivity contribution in [3.63, 3.8) is 0 Å². The summed E-state index contributed by atoms with van der Waals surface area (Å²) in [5.74, 6) is -1.68. The van der Waals surface area contributed by atoms with Crippen molar-refractivity contribution in [2.45, 2.75) is 31.4 Å². The van der Waals surface area contributed by atoms with E-state index in [2.05, 4.69) is 4.99 Å². The first-order chi connectivity index (χ1) is 18.6. The molecule has 1 unspecified atom stereocenters. The maximum atomic E-state index is 14.0. The predicted molar refractivity (Wildman–Crippen MR) is 133 cm³/mol. The summed E-state index contributed by atoms with van der Waals surface area (Å²) in [6.45, 7) is 0.456. The van der Waals surface area contributed by atoms with Gasteiger partial charge in [0.2, 0.25) is 0 Å². The Bertz CT molecular complexity index is 1260. The van der Waals surface area contributed by atoms with Crippen molar-refractivity contribution in [2.75, 3.05) is 32.1 Å². The number of likely N-dealkylation sites (N-methyl/N-ethyl adjacent to an activating group) is 1. The van der Waals surface area contributed by atoms with E-state index in [0.717, 1.165) is 61.5 Å². The number of alkyl halides is 6. The lowest BCUT2D eigenvalue weighted by atomic mass is 9.98. The third-order valence-electron chi connectivity index (χ3n) is 6.25. The van der Waals surface area contributed by atoms with Crippen molar-refractivity contribution in [1.82, 2.24) is 4.90 Å². The highest BCUT2D eigenvalue weighted by atomic mass is 19.4. The Kier molecular flexibility index (Phi) is 9.46. The van der Waals surface area contributed by atoms with Gasteiger partial charge in [-0.05, 0) is 62.2 Å². The van der Waals surface area contributed by atoms with Crippen LogP contribution in [0.5, 0.6) is 5.75 Å². The summed E-state index contributed by atoms with van der Waals surface area (Å²) >= 11 is 0. The first-order valence-corrected chi connectivity index (χ1v) is 12.0. The molecule has 0 heterocycles. The van der Waals surface area contributed by atoms with Gasteiger partial charge in [-0.25, -0.2) is 14.2 Å². The molecule has 40 heavy (non-hydrogen) atoms. The molecule has 218 valence electrons. The monoisotopic (exact) mass is 577 g/mol. The highest BCUT2D eigenvalue weighted by molar-refractivity contribution is 6.08. The number of nitrogens with two attached hydrogens (primary N) is 1. The van der Waals surface area contributed by atoms with Crippen molar-refractivity contribution in [1.29, 1.82) is 0 Å². The molecule has 0 bridgehead atoms. The third kappa shape index (κ3) is 7.72. The lowest BCUT2D eigenvalue weighted by molar-refractivity contribution is -0.451. The van der Waals surface area contributed by atoms with Crippen molar-refractivity contribution in [3.05, 3.63) is 65.1 Å². The molecule has 1 aliphatic carbocycles. The number of aliphatic hydroxyl groups excluding tert-OH is 1. The van der Waals surface area contributed by atoms with Crippen LogP contribution in [0.3, 0.4) is 0 Å². The van der Waals surface area contributed by atoms with Gasteiger partial charge in [-0.15, -0.1) is 0 Å². The fourth-order valence-corrected chi connectivity index (χ4v) is 3.78. The van der Waals surface area contributed by atoms with Gasteiger partial charge in [0.15, 0.2) is 18.5 Å². The number of carbonyl (C=O) groups is 1. The molecule has 3 rings (SSSR count). The topological polar surface area (TPSA) is 93.0 Å². The molecule has 0 radical (unpaired) electrons. The van der Waals surface area contributed by atoms with E-state index < -0.39 is 52.9 Å². The first-order valence-electron chi connectivity index (χ1n) is 12.0. The maximum Gasteiger partial charge on any atom is 0.420 e. The molecule has 0 spiro atoms. The van der Waals surface area contributed by atoms with Crippen molar-refractivity contribution >= 4 is 23.6 Å². The summed E-state index contributed by atoms with van der Waals surface area (Å²) in [5, 5.41) is 10.1. The Morgan fingerprint density at radius 2 is 1.75 bits per heavy atom. The molecule has 0 saturated heterocycles. The van der Waals surface area contributed by atoms with E-state index in [9.17, 15) is 40.6 Å². The zero-order valence-electron chi connectivity index (χ0n) is 21.5. The van der Waals surface area contributed by atoms with Crippen LogP contribution in [-0.2, 0) is 12.4 Å². The second-order valence-electron chi connectivity index (χ2n) is 9.25. The zero-order chi connectivity index (χ0) is 29.8. The number of hydrogen-bond donors (Lipinski definition) is 3. The molecule has 1 atom stereocenters. The number of ether oxygens (including phenoxy) is 1. The molecule has 2 aromatic rings. The number of anilines is 1. The molecule has 4 N–H and O–H groups in total. The Hall–Kier alpha value is -3.65.